The van der Waals surface area contributed by atoms with Crippen LogP contribution >= 0.6 is 11.3 Å². The van der Waals surface area contributed by atoms with Crippen LogP contribution in [0.5, 0.6) is 5.75 Å². The summed E-state index contributed by atoms with van der Waals surface area (Å²) >= 11 is 1.49. The first-order chi connectivity index (χ1) is 13.3. The summed E-state index contributed by atoms with van der Waals surface area (Å²) in [5.41, 5.74) is 3.36. The van der Waals surface area contributed by atoms with Crippen LogP contribution in [-0.4, -0.2) is 35.4 Å². The number of rotatable bonds is 5. The molecular weight excluding hydrogens is 374 g/mol. The van der Waals surface area contributed by atoms with Crippen LogP contribution in [0.2, 0.25) is 0 Å². The Kier molecular flexibility index (Phi) is 5.61. The fourth-order valence-corrected chi connectivity index (χ4v) is 4.88. The second-order valence-electron chi connectivity index (χ2n) is 7.12. The molecule has 1 aromatic heterocycles. The Morgan fingerprint density at radius 3 is 2.50 bits per heavy atom. The number of nitrogens with zero attached hydrogens (tertiary/aromatic N) is 1. The van der Waals surface area contributed by atoms with Crippen molar-refractivity contribution in [2.75, 3.05) is 13.7 Å². The number of methoxy groups -OCH3 is 1. The lowest BCUT2D eigenvalue weighted by Gasteiger charge is -2.24. The number of carbonyl (C=O) groups excluding carboxylic acids is 2. The highest BCUT2D eigenvalue weighted by molar-refractivity contribution is 7.10. The van der Waals surface area contributed by atoms with Crippen molar-refractivity contribution >= 4 is 28.8 Å². The average molecular weight is 400 g/mol. The maximum absolute atomic E-state index is 12.9. The molecule has 1 saturated heterocycles. The quantitative estimate of drug-likeness (QED) is 0.456. The number of hydrogen-bond donors (Lipinski definition) is 1. The van der Waals surface area contributed by atoms with Crippen molar-refractivity contribution in [2.45, 2.75) is 40.2 Å². The fraction of sp³-hybridized carbons (Fsp3) is 0.364. The van der Waals surface area contributed by atoms with Crippen LogP contribution in [0.25, 0.3) is 5.76 Å². The number of benzene rings is 1. The zero-order valence-corrected chi connectivity index (χ0v) is 17.6. The molecule has 148 valence electrons. The molecule has 5 nitrogen and oxygen atoms in total. The van der Waals surface area contributed by atoms with Gasteiger partial charge in [0.1, 0.15) is 11.5 Å². The van der Waals surface area contributed by atoms with Gasteiger partial charge >= 0.3 is 0 Å². The number of aryl methyl sites for hydroxylation is 3. The molecule has 1 fully saturated rings. The SMILES string of the molecule is CCCN1C(=O)C(=O)/C(=C(/O)c2cc(C)cc(C)c2OC)C1c1sccc1C. The average Bonchev–Trinajstić information content (AvgIpc) is 3.17. The van der Waals surface area contributed by atoms with Gasteiger partial charge in [-0.15, -0.1) is 11.3 Å². The van der Waals surface area contributed by atoms with Gasteiger partial charge in [0.25, 0.3) is 11.7 Å². The second kappa shape index (κ2) is 7.80. The lowest BCUT2D eigenvalue weighted by molar-refractivity contribution is -0.139. The summed E-state index contributed by atoms with van der Waals surface area (Å²) in [6.45, 7) is 8.17. The Bertz CT molecular complexity index is 973. The first-order valence-corrected chi connectivity index (χ1v) is 10.2. The van der Waals surface area contributed by atoms with Crippen LogP contribution in [-0.2, 0) is 9.59 Å². The van der Waals surface area contributed by atoms with E-state index in [9.17, 15) is 14.7 Å². The van der Waals surface area contributed by atoms with E-state index in [1.807, 2.05) is 45.2 Å². The Morgan fingerprint density at radius 2 is 1.93 bits per heavy atom. The number of aliphatic hydroxyl groups is 1. The summed E-state index contributed by atoms with van der Waals surface area (Å²) in [6, 6.07) is 5.12. The Morgan fingerprint density at radius 1 is 1.21 bits per heavy atom. The fourth-order valence-electron chi connectivity index (χ4n) is 3.83. The summed E-state index contributed by atoms with van der Waals surface area (Å²) in [6.07, 6.45) is 0.723. The summed E-state index contributed by atoms with van der Waals surface area (Å²) in [7, 11) is 1.53. The number of thiophene rings is 1. The van der Waals surface area contributed by atoms with Crippen molar-refractivity contribution in [1.29, 1.82) is 0 Å². The van der Waals surface area contributed by atoms with Crippen LogP contribution in [0.1, 0.15) is 46.5 Å². The maximum Gasteiger partial charge on any atom is 0.295 e. The van der Waals surface area contributed by atoms with Crippen LogP contribution in [0.3, 0.4) is 0 Å². The summed E-state index contributed by atoms with van der Waals surface area (Å²) in [5, 5.41) is 13.2. The molecule has 1 amide bonds. The minimum absolute atomic E-state index is 0.132. The molecule has 28 heavy (non-hydrogen) atoms. The largest absolute Gasteiger partial charge is 0.507 e. The minimum Gasteiger partial charge on any atom is -0.507 e. The lowest BCUT2D eigenvalue weighted by Crippen LogP contribution is -2.30. The molecule has 1 N–H and O–H groups in total. The van der Waals surface area contributed by atoms with Crippen molar-refractivity contribution in [3.8, 4) is 5.75 Å². The number of Topliss-reactive ketones (excluding diaryl/α,β-unsaturated/α-hetero) is 1. The van der Waals surface area contributed by atoms with E-state index in [0.29, 0.717) is 17.9 Å². The molecule has 0 bridgehead atoms. The third-order valence-corrected chi connectivity index (χ3v) is 6.10. The monoisotopic (exact) mass is 399 g/mol. The van der Waals surface area contributed by atoms with Crippen LogP contribution in [0.4, 0.5) is 0 Å². The molecule has 1 aliphatic heterocycles. The Labute approximate surface area is 169 Å². The van der Waals surface area contributed by atoms with Crippen molar-refractivity contribution < 1.29 is 19.4 Å². The van der Waals surface area contributed by atoms with Crippen molar-refractivity contribution in [3.05, 3.63) is 56.3 Å². The van der Waals surface area contributed by atoms with Gasteiger partial charge in [-0.3, -0.25) is 9.59 Å². The topological polar surface area (TPSA) is 66.8 Å². The van der Waals surface area contributed by atoms with E-state index < -0.39 is 17.7 Å². The van der Waals surface area contributed by atoms with Gasteiger partial charge < -0.3 is 14.7 Å². The summed E-state index contributed by atoms with van der Waals surface area (Å²) in [5.74, 6) is -0.889. The standard InChI is InChI=1S/C22H25NO4S/c1-6-8-23-17(21-13(3)7-9-28-21)16(19(25)22(23)26)18(24)15-11-12(2)10-14(4)20(15)27-5/h7,9-11,17,24H,6,8H2,1-5H3/b18-16+. The first kappa shape index (κ1) is 20.1. The van der Waals surface area contributed by atoms with Crippen molar-refractivity contribution in [2.24, 2.45) is 0 Å². The number of ketones is 1. The van der Waals surface area contributed by atoms with Crippen molar-refractivity contribution in [1.82, 2.24) is 4.90 Å². The molecule has 2 aromatic rings. The van der Waals surface area contributed by atoms with E-state index in [4.69, 9.17) is 4.74 Å². The molecule has 3 rings (SSSR count). The summed E-state index contributed by atoms with van der Waals surface area (Å²) < 4.78 is 5.50. The normalized spacial score (nSPS) is 18.8. The molecular formula is C22H25NO4S. The van der Waals surface area contributed by atoms with Gasteiger partial charge in [0.15, 0.2) is 0 Å². The van der Waals surface area contributed by atoms with Gasteiger partial charge in [0.2, 0.25) is 0 Å². The number of amides is 1. The van der Waals surface area contributed by atoms with Gasteiger partial charge in [-0.1, -0.05) is 13.0 Å². The zero-order chi connectivity index (χ0) is 20.6. The molecule has 1 aliphatic rings. The van der Waals surface area contributed by atoms with E-state index in [1.165, 1.54) is 18.4 Å². The predicted molar refractivity (Wildman–Crippen MR) is 111 cm³/mol. The van der Waals surface area contributed by atoms with Gasteiger partial charge in [-0.25, -0.2) is 0 Å². The summed E-state index contributed by atoms with van der Waals surface area (Å²) in [4.78, 5) is 28.2. The minimum atomic E-state index is -0.648. The van der Waals surface area contributed by atoms with Gasteiger partial charge in [-0.05, 0) is 61.4 Å². The molecule has 0 saturated carbocycles. The molecule has 2 heterocycles. The molecule has 1 aromatic carbocycles. The highest BCUT2D eigenvalue weighted by Crippen LogP contribution is 2.44. The lowest BCUT2D eigenvalue weighted by atomic mass is 9.96. The zero-order valence-electron chi connectivity index (χ0n) is 16.8. The van der Waals surface area contributed by atoms with E-state index in [2.05, 4.69) is 0 Å². The molecule has 0 radical (unpaired) electrons. The molecule has 0 aliphatic carbocycles. The highest BCUT2D eigenvalue weighted by atomic mass is 32.1. The number of carbonyl (C=O) groups is 2. The Balaban J connectivity index is 2.29. The number of ether oxygens (including phenoxy) is 1. The van der Waals surface area contributed by atoms with E-state index in [1.54, 1.807) is 11.0 Å². The second-order valence-corrected chi connectivity index (χ2v) is 8.07. The van der Waals surface area contributed by atoms with Gasteiger partial charge in [0.05, 0.1) is 24.3 Å². The number of likely N-dealkylation sites (tertiary alicyclic amines) is 1. The third-order valence-electron chi connectivity index (χ3n) is 5.03. The van der Waals surface area contributed by atoms with E-state index >= 15 is 0 Å². The van der Waals surface area contributed by atoms with Crippen LogP contribution in [0.15, 0.2) is 29.2 Å². The van der Waals surface area contributed by atoms with Crippen LogP contribution in [0, 0.1) is 20.8 Å². The predicted octanol–water partition coefficient (Wildman–Crippen LogP) is 4.51. The Hall–Kier alpha value is -2.60. The molecule has 1 atom stereocenters. The maximum atomic E-state index is 12.9. The van der Waals surface area contributed by atoms with Gasteiger partial charge in [-0.2, -0.15) is 0 Å². The van der Waals surface area contributed by atoms with Crippen molar-refractivity contribution in [3.63, 3.8) is 0 Å². The smallest absolute Gasteiger partial charge is 0.295 e. The van der Waals surface area contributed by atoms with E-state index in [-0.39, 0.29) is 11.3 Å². The van der Waals surface area contributed by atoms with Gasteiger partial charge in [0, 0.05) is 11.4 Å². The first-order valence-electron chi connectivity index (χ1n) is 9.29. The molecule has 0 spiro atoms. The molecule has 6 heteroatoms. The highest BCUT2D eigenvalue weighted by Gasteiger charge is 2.46. The van der Waals surface area contributed by atoms with E-state index in [0.717, 1.165) is 28.0 Å². The van der Waals surface area contributed by atoms with Crippen LogP contribution < -0.4 is 4.74 Å². The molecule has 1 unspecified atom stereocenters. The number of hydrogen-bond acceptors (Lipinski definition) is 5. The number of aliphatic hydroxyl groups excluding tert-OH is 1. The third kappa shape index (κ3) is 3.22.